The molecule has 3 rings (SSSR count). The highest BCUT2D eigenvalue weighted by Gasteiger charge is 2.43. The summed E-state index contributed by atoms with van der Waals surface area (Å²) in [5.41, 5.74) is 2.53. The van der Waals surface area contributed by atoms with Gasteiger partial charge in [-0.2, -0.15) is 5.48 Å². The molecule has 1 aliphatic carbocycles. The second-order valence-corrected chi connectivity index (χ2v) is 4.74. The predicted molar refractivity (Wildman–Crippen MR) is 70.5 cm³/mol. The lowest BCUT2D eigenvalue weighted by atomic mass is 10.1. The van der Waals surface area contributed by atoms with Gasteiger partial charge in [-0.05, 0) is 18.6 Å². The Morgan fingerprint density at radius 1 is 1.24 bits per heavy atom. The summed E-state index contributed by atoms with van der Waals surface area (Å²) < 4.78 is 0. The Labute approximate surface area is 119 Å². The molecule has 1 aromatic rings. The molecule has 7 heteroatoms. The van der Waals surface area contributed by atoms with E-state index in [4.69, 9.17) is 9.94 Å². The van der Waals surface area contributed by atoms with Gasteiger partial charge >= 0.3 is 6.09 Å². The minimum atomic E-state index is -1.33. The highest BCUT2D eigenvalue weighted by Crippen LogP contribution is 2.29. The third kappa shape index (κ3) is 2.17. The normalized spacial score (nSPS) is 23.5. The molecule has 0 fully saturated rings. The molecule has 3 amide bonds. The number of hydrogen-bond donors (Lipinski definition) is 2. The van der Waals surface area contributed by atoms with Crippen molar-refractivity contribution in [3.63, 3.8) is 0 Å². The number of imide groups is 1. The average molecular weight is 288 g/mol. The second-order valence-electron chi connectivity index (χ2n) is 4.74. The first-order chi connectivity index (χ1) is 10.1. The fourth-order valence-electron chi connectivity index (χ4n) is 2.59. The van der Waals surface area contributed by atoms with Crippen molar-refractivity contribution >= 4 is 17.9 Å². The van der Waals surface area contributed by atoms with E-state index >= 15 is 0 Å². The lowest BCUT2D eigenvalue weighted by Gasteiger charge is -2.26. The van der Waals surface area contributed by atoms with E-state index in [0.29, 0.717) is 17.5 Å². The molecule has 0 aromatic heterocycles. The number of nitrogens with one attached hydrogen (secondary N) is 1. The molecule has 7 nitrogen and oxygen atoms in total. The fraction of sp³-hybridized carbons (Fsp3) is 0.214. The maximum Gasteiger partial charge on any atom is 0.428 e. The Kier molecular flexibility index (Phi) is 3.19. The third-order valence-electron chi connectivity index (χ3n) is 3.50. The molecule has 0 radical (unpaired) electrons. The van der Waals surface area contributed by atoms with Crippen LogP contribution in [0.5, 0.6) is 0 Å². The predicted octanol–water partition coefficient (Wildman–Crippen LogP) is 1.18. The molecule has 1 aromatic carbocycles. The molecule has 0 spiro atoms. The second kappa shape index (κ2) is 5.02. The van der Waals surface area contributed by atoms with Gasteiger partial charge in [-0.1, -0.05) is 24.3 Å². The minimum Gasteiger partial charge on any atom is -0.464 e. The van der Waals surface area contributed by atoms with Crippen LogP contribution in [0.3, 0.4) is 0 Å². The van der Waals surface area contributed by atoms with Gasteiger partial charge in [0.25, 0.3) is 11.8 Å². The first-order valence-corrected chi connectivity index (χ1v) is 6.38. The Morgan fingerprint density at radius 3 is 2.43 bits per heavy atom. The first-order valence-electron chi connectivity index (χ1n) is 6.38. The number of nitrogens with zero attached hydrogens (tertiary/aromatic N) is 1. The Hall–Kier alpha value is -2.67. The standard InChI is InChI=1S/C14H12N2O5/c17-12-8-4-1-2-5-9(8)13(18)16(12)10-6-3-7-11(10)21-15-14(19)20/h1-6,10-11,15H,7H2,(H,19,20). The minimum absolute atomic E-state index is 0.354. The number of hydroxylamine groups is 1. The van der Waals surface area contributed by atoms with Gasteiger partial charge in [-0.15, -0.1) is 0 Å². The Balaban J connectivity index is 1.84. The van der Waals surface area contributed by atoms with Crippen LogP contribution in [-0.4, -0.2) is 40.1 Å². The maximum absolute atomic E-state index is 12.4. The monoisotopic (exact) mass is 288 g/mol. The van der Waals surface area contributed by atoms with Crippen LogP contribution in [0, 0.1) is 0 Å². The van der Waals surface area contributed by atoms with Crippen molar-refractivity contribution in [3.05, 3.63) is 47.5 Å². The SMILES string of the molecule is O=C(O)NOC1CC=CC1N1C(=O)c2ccccc2C1=O. The van der Waals surface area contributed by atoms with Gasteiger partial charge in [0.2, 0.25) is 0 Å². The topological polar surface area (TPSA) is 95.9 Å². The van der Waals surface area contributed by atoms with E-state index in [1.54, 1.807) is 36.4 Å². The number of hydrogen-bond acceptors (Lipinski definition) is 4. The summed E-state index contributed by atoms with van der Waals surface area (Å²) in [4.78, 5) is 41.3. The molecule has 108 valence electrons. The summed E-state index contributed by atoms with van der Waals surface area (Å²) in [6.07, 6.45) is 1.89. The van der Waals surface area contributed by atoms with Crippen LogP contribution in [-0.2, 0) is 4.84 Å². The number of carboxylic acid groups (broad SMARTS) is 1. The molecular weight excluding hydrogens is 276 g/mol. The first kappa shape index (κ1) is 13.3. The molecule has 0 saturated heterocycles. The Morgan fingerprint density at radius 2 is 1.86 bits per heavy atom. The third-order valence-corrected chi connectivity index (χ3v) is 3.50. The summed E-state index contributed by atoms with van der Waals surface area (Å²) in [6, 6.07) is 5.96. The zero-order valence-corrected chi connectivity index (χ0v) is 10.9. The fourth-order valence-corrected chi connectivity index (χ4v) is 2.59. The molecule has 2 unspecified atom stereocenters. The van der Waals surface area contributed by atoms with E-state index < -0.39 is 30.1 Å². The molecule has 1 heterocycles. The number of carbonyl (C=O) groups is 3. The molecular formula is C14H12N2O5. The molecule has 0 bridgehead atoms. The maximum atomic E-state index is 12.4. The van der Waals surface area contributed by atoms with Crippen molar-refractivity contribution in [2.75, 3.05) is 0 Å². The summed E-state index contributed by atoms with van der Waals surface area (Å²) in [6.45, 7) is 0. The van der Waals surface area contributed by atoms with Gasteiger partial charge in [-0.3, -0.25) is 19.3 Å². The number of fused-ring (bicyclic) bond motifs is 1. The van der Waals surface area contributed by atoms with Gasteiger partial charge in [0.05, 0.1) is 17.2 Å². The van der Waals surface area contributed by atoms with Crippen molar-refractivity contribution in [2.24, 2.45) is 0 Å². The Bertz CT molecular complexity index is 620. The zero-order valence-electron chi connectivity index (χ0n) is 10.9. The van der Waals surface area contributed by atoms with E-state index in [0.717, 1.165) is 4.90 Å². The van der Waals surface area contributed by atoms with E-state index in [2.05, 4.69) is 0 Å². The number of carbonyl (C=O) groups excluding carboxylic acids is 2. The van der Waals surface area contributed by atoms with Crippen LogP contribution >= 0.6 is 0 Å². The van der Waals surface area contributed by atoms with Crippen molar-refractivity contribution in [1.29, 1.82) is 0 Å². The van der Waals surface area contributed by atoms with Gasteiger partial charge in [0, 0.05) is 0 Å². The van der Waals surface area contributed by atoms with Crippen molar-refractivity contribution in [1.82, 2.24) is 10.4 Å². The van der Waals surface area contributed by atoms with Crippen molar-refractivity contribution in [2.45, 2.75) is 18.6 Å². The molecule has 2 N–H and O–H groups in total. The lowest BCUT2D eigenvalue weighted by molar-refractivity contribution is -0.0344. The number of rotatable bonds is 3. The van der Waals surface area contributed by atoms with E-state index in [9.17, 15) is 14.4 Å². The van der Waals surface area contributed by atoms with Crippen LogP contribution in [0.25, 0.3) is 0 Å². The molecule has 2 atom stereocenters. The van der Waals surface area contributed by atoms with Crippen molar-refractivity contribution < 1.29 is 24.3 Å². The van der Waals surface area contributed by atoms with Crippen LogP contribution in [0.1, 0.15) is 27.1 Å². The summed E-state index contributed by atoms with van der Waals surface area (Å²) >= 11 is 0. The number of amides is 3. The van der Waals surface area contributed by atoms with E-state index in [1.165, 1.54) is 0 Å². The molecule has 0 saturated carbocycles. The number of benzene rings is 1. The zero-order chi connectivity index (χ0) is 15.0. The van der Waals surface area contributed by atoms with E-state index in [-0.39, 0.29) is 0 Å². The van der Waals surface area contributed by atoms with Crippen molar-refractivity contribution in [3.8, 4) is 0 Å². The molecule has 2 aliphatic rings. The van der Waals surface area contributed by atoms with E-state index in [1.807, 2.05) is 5.48 Å². The quantitative estimate of drug-likeness (QED) is 0.494. The van der Waals surface area contributed by atoms with Crippen LogP contribution in [0.15, 0.2) is 36.4 Å². The highest BCUT2D eigenvalue weighted by molar-refractivity contribution is 6.21. The molecule has 21 heavy (non-hydrogen) atoms. The smallest absolute Gasteiger partial charge is 0.428 e. The van der Waals surface area contributed by atoms with Crippen LogP contribution in [0.2, 0.25) is 0 Å². The van der Waals surface area contributed by atoms with Crippen LogP contribution in [0.4, 0.5) is 4.79 Å². The lowest BCUT2D eigenvalue weighted by Crippen LogP contribution is -2.46. The van der Waals surface area contributed by atoms with Crippen LogP contribution < -0.4 is 5.48 Å². The average Bonchev–Trinajstić information content (AvgIpc) is 3.01. The van der Waals surface area contributed by atoms with Gasteiger partial charge in [0.15, 0.2) is 0 Å². The summed E-state index contributed by atoms with van der Waals surface area (Å²) in [7, 11) is 0. The largest absolute Gasteiger partial charge is 0.464 e. The summed E-state index contributed by atoms with van der Waals surface area (Å²) in [5.74, 6) is -0.785. The highest BCUT2D eigenvalue weighted by atomic mass is 16.7. The van der Waals surface area contributed by atoms with Gasteiger partial charge in [-0.25, -0.2) is 4.79 Å². The van der Waals surface area contributed by atoms with Gasteiger partial charge in [0.1, 0.15) is 6.10 Å². The summed E-state index contributed by atoms with van der Waals surface area (Å²) in [5, 5.41) is 8.57. The van der Waals surface area contributed by atoms with Gasteiger partial charge < -0.3 is 5.11 Å². The molecule has 1 aliphatic heterocycles.